The zero-order chi connectivity index (χ0) is 22.7. The Balaban J connectivity index is 1.35. The van der Waals surface area contributed by atoms with E-state index in [0.717, 1.165) is 51.3 Å². The average molecular weight is 447 g/mol. The van der Waals surface area contributed by atoms with E-state index in [9.17, 15) is 0 Å². The maximum Gasteiger partial charge on any atom is 0.147 e. The summed E-state index contributed by atoms with van der Waals surface area (Å²) in [5.41, 5.74) is 15.1. The fraction of sp³-hybridized carbons (Fsp3) is 0.0645. The Morgan fingerprint density at radius 3 is 2.46 bits per heavy atom. The zero-order valence-corrected chi connectivity index (χ0v) is 18.8. The molecule has 0 amide bonds. The predicted molar refractivity (Wildman–Crippen MR) is 140 cm³/mol. The molecular weight excluding hydrogens is 428 g/mol. The van der Waals surface area contributed by atoms with Crippen molar-refractivity contribution in [3.8, 4) is 22.3 Å². The molecule has 4 nitrogen and oxygen atoms in total. The monoisotopic (exact) mass is 446 g/mol. The van der Waals surface area contributed by atoms with Crippen LogP contribution in [0.4, 0.5) is 0 Å². The maximum atomic E-state index is 5.26. The van der Waals surface area contributed by atoms with Crippen LogP contribution in [0.15, 0.2) is 85.3 Å². The van der Waals surface area contributed by atoms with Gasteiger partial charge in [0.2, 0.25) is 0 Å². The van der Waals surface area contributed by atoms with Crippen molar-refractivity contribution in [2.75, 3.05) is 0 Å². The summed E-state index contributed by atoms with van der Waals surface area (Å²) in [6, 6.07) is 24.4. The van der Waals surface area contributed by atoms with Crippen molar-refractivity contribution in [3.63, 3.8) is 0 Å². The molecule has 3 aromatic carbocycles. The second kappa shape index (κ2) is 6.10. The molecule has 0 atom stereocenters. The van der Waals surface area contributed by atoms with Crippen molar-refractivity contribution in [1.82, 2.24) is 19.4 Å². The van der Waals surface area contributed by atoms with Gasteiger partial charge in [-0.05, 0) is 87.3 Å². The number of aromatic nitrogens is 4. The topological polar surface area (TPSA) is 43.1 Å². The summed E-state index contributed by atoms with van der Waals surface area (Å²) in [5.74, 6) is 0. The maximum absolute atomic E-state index is 5.26. The Morgan fingerprint density at radius 1 is 0.629 bits per heavy atom. The zero-order valence-electron chi connectivity index (χ0n) is 18.8. The van der Waals surface area contributed by atoms with E-state index in [1.807, 2.05) is 24.7 Å². The molecule has 4 heterocycles. The molecule has 2 aliphatic rings. The number of imidazole rings is 1. The van der Waals surface area contributed by atoms with Gasteiger partial charge in [-0.1, -0.05) is 30.3 Å². The summed E-state index contributed by atoms with van der Waals surface area (Å²) < 4.78 is 2.23. The van der Waals surface area contributed by atoms with E-state index in [-0.39, 0.29) is 0 Å². The van der Waals surface area contributed by atoms with E-state index >= 15 is 0 Å². The summed E-state index contributed by atoms with van der Waals surface area (Å²) >= 11 is 0. The second-order valence-electron chi connectivity index (χ2n) is 9.70. The minimum absolute atomic E-state index is 0.909. The summed E-state index contributed by atoms with van der Waals surface area (Å²) in [5, 5.41) is 3.30. The first-order valence-electron chi connectivity index (χ1n) is 12.0. The van der Waals surface area contributed by atoms with Gasteiger partial charge in [0.05, 0.1) is 11.0 Å². The van der Waals surface area contributed by atoms with E-state index in [0.29, 0.717) is 0 Å². The number of hydrogen-bond acceptors (Lipinski definition) is 3. The molecule has 0 aliphatic heterocycles. The highest BCUT2D eigenvalue weighted by Crippen LogP contribution is 2.46. The molecule has 0 saturated carbocycles. The van der Waals surface area contributed by atoms with Gasteiger partial charge in [-0.3, -0.25) is 9.38 Å². The highest BCUT2D eigenvalue weighted by molar-refractivity contribution is 6.13. The summed E-state index contributed by atoms with van der Waals surface area (Å²) in [6.45, 7) is 0. The van der Waals surface area contributed by atoms with Gasteiger partial charge in [-0.2, -0.15) is 0 Å². The first kappa shape index (κ1) is 17.8. The highest BCUT2D eigenvalue weighted by Gasteiger charge is 2.28. The summed E-state index contributed by atoms with van der Waals surface area (Å²) in [7, 11) is 0. The Morgan fingerprint density at radius 2 is 1.49 bits per heavy atom. The van der Waals surface area contributed by atoms with Crippen LogP contribution in [0.25, 0.3) is 60.7 Å². The first-order valence-corrected chi connectivity index (χ1v) is 12.0. The lowest BCUT2D eigenvalue weighted by Gasteiger charge is -2.07. The minimum atomic E-state index is 0.909. The standard InChI is InChI=1S/C31H18N4/c1-2-5-20-17(4-1)12-18-13-25-19(14-24(18)20)15-26-21(25)7-8-28-29(26)34-31-23-9-11-32-16-27(23)22-6-3-10-33-30(22)35(28)31/h1-11,13-14,16H,12,15H2. The molecule has 7 aromatic rings. The van der Waals surface area contributed by atoms with Crippen LogP contribution < -0.4 is 0 Å². The fourth-order valence-electron chi connectivity index (χ4n) is 6.43. The number of pyridine rings is 3. The van der Waals surface area contributed by atoms with Gasteiger partial charge in [-0.15, -0.1) is 0 Å². The Labute approximate surface area is 200 Å². The molecule has 9 rings (SSSR count). The molecule has 4 aromatic heterocycles. The largest absolute Gasteiger partial charge is 0.276 e. The van der Waals surface area contributed by atoms with Gasteiger partial charge in [-0.25, -0.2) is 9.97 Å². The molecule has 162 valence electrons. The number of benzene rings is 3. The van der Waals surface area contributed by atoms with Gasteiger partial charge in [0.1, 0.15) is 11.3 Å². The lowest BCUT2D eigenvalue weighted by molar-refractivity contribution is 1.23. The molecule has 0 bridgehead atoms. The predicted octanol–water partition coefficient (Wildman–Crippen LogP) is 6.73. The molecule has 0 spiro atoms. The molecule has 4 heteroatoms. The molecular formula is C31H18N4. The second-order valence-corrected chi connectivity index (χ2v) is 9.70. The van der Waals surface area contributed by atoms with Gasteiger partial charge < -0.3 is 0 Å². The molecule has 0 radical (unpaired) electrons. The number of rotatable bonds is 0. The number of hydrogen-bond donors (Lipinski definition) is 0. The minimum Gasteiger partial charge on any atom is -0.276 e. The Hall–Kier alpha value is -4.57. The molecule has 0 saturated heterocycles. The van der Waals surface area contributed by atoms with Crippen LogP contribution in [0, 0.1) is 0 Å². The number of fused-ring (bicyclic) bond motifs is 15. The van der Waals surface area contributed by atoms with Crippen molar-refractivity contribution < 1.29 is 0 Å². The van der Waals surface area contributed by atoms with Crippen LogP contribution in [0.3, 0.4) is 0 Å². The average Bonchev–Trinajstić information content (AvgIpc) is 3.58. The van der Waals surface area contributed by atoms with Crippen molar-refractivity contribution in [1.29, 1.82) is 0 Å². The third-order valence-electron chi connectivity index (χ3n) is 7.96. The third kappa shape index (κ3) is 2.15. The van der Waals surface area contributed by atoms with Crippen LogP contribution in [0.5, 0.6) is 0 Å². The SMILES string of the molecule is c1ccc2c(c1)Cc1cc3c(cc1-2)Cc1c-3ccc2c1nc1c3ccncc3c3cccnc3n21. The van der Waals surface area contributed by atoms with Gasteiger partial charge >= 0.3 is 0 Å². The number of nitrogens with zero attached hydrogens (tertiary/aromatic N) is 4. The van der Waals surface area contributed by atoms with E-state index in [1.165, 1.54) is 44.5 Å². The van der Waals surface area contributed by atoms with E-state index in [1.54, 1.807) is 0 Å². The van der Waals surface area contributed by atoms with Crippen LogP contribution in [0.1, 0.15) is 22.3 Å². The normalized spacial score (nSPS) is 13.5. The van der Waals surface area contributed by atoms with Crippen molar-refractivity contribution in [2.45, 2.75) is 12.8 Å². The van der Waals surface area contributed by atoms with Crippen LogP contribution in [-0.2, 0) is 12.8 Å². The highest BCUT2D eigenvalue weighted by atomic mass is 15.1. The quantitative estimate of drug-likeness (QED) is 0.243. The fourth-order valence-corrected chi connectivity index (χ4v) is 6.43. The molecule has 0 N–H and O–H groups in total. The van der Waals surface area contributed by atoms with Gasteiger partial charge in [0.25, 0.3) is 0 Å². The van der Waals surface area contributed by atoms with E-state index in [4.69, 9.17) is 9.97 Å². The smallest absolute Gasteiger partial charge is 0.147 e. The molecule has 2 aliphatic carbocycles. The van der Waals surface area contributed by atoms with Gasteiger partial charge in [0.15, 0.2) is 0 Å². The molecule has 0 fully saturated rings. The third-order valence-corrected chi connectivity index (χ3v) is 7.96. The lowest BCUT2D eigenvalue weighted by atomic mass is 9.98. The first-order chi connectivity index (χ1) is 17.3. The van der Waals surface area contributed by atoms with Crippen LogP contribution in [0.2, 0.25) is 0 Å². The molecule has 35 heavy (non-hydrogen) atoms. The lowest BCUT2D eigenvalue weighted by Crippen LogP contribution is -1.94. The van der Waals surface area contributed by atoms with Crippen molar-refractivity contribution in [3.05, 3.63) is 108 Å². The Kier molecular flexibility index (Phi) is 3.11. The van der Waals surface area contributed by atoms with E-state index in [2.05, 4.69) is 70.0 Å². The summed E-state index contributed by atoms with van der Waals surface area (Å²) in [6.07, 6.45) is 7.56. The van der Waals surface area contributed by atoms with Crippen LogP contribution in [-0.4, -0.2) is 19.4 Å². The van der Waals surface area contributed by atoms with Gasteiger partial charge in [0, 0.05) is 41.2 Å². The summed E-state index contributed by atoms with van der Waals surface area (Å²) in [4.78, 5) is 14.4. The Bertz CT molecular complexity index is 2070. The van der Waals surface area contributed by atoms with Crippen molar-refractivity contribution in [2.24, 2.45) is 0 Å². The molecule has 0 unspecified atom stereocenters. The van der Waals surface area contributed by atoms with Crippen LogP contribution >= 0.6 is 0 Å². The van der Waals surface area contributed by atoms with E-state index < -0.39 is 0 Å². The van der Waals surface area contributed by atoms with Crippen molar-refractivity contribution >= 4 is 38.5 Å².